The Labute approximate surface area is 78.5 Å². The number of carbonyl (C=O) groups is 1. The molecule has 0 rings (SSSR count). The van der Waals surface area contributed by atoms with Crippen LogP contribution in [0.5, 0.6) is 0 Å². The summed E-state index contributed by atoms with van der Waals surface area (Å²) in [6.45, 7) is 4.22. The Morgan fingerprint density at radius 1 is 1.67 bits per heavy atom. The van der Waals surface area contributed by atoms with Crippen LogP contribution in [0.1, 0.15) is 20.3 Å². The summed E-state index contributed by atoms with van der Waals surface area (Å²) < 4.78 is 4.71. The van der Waals surface area contributed by atoms with Crippen molar-refractivity contribution in [3.63, 3.8) is 0 Å². The lowest BCUT2D eigenvalue weighted by atomic mass is 10.1. The molecule has 0 aromatic rings. The van der Waals surface area contributed by atoms with Gasteiger partial charge in [-0.3, -0.25) is 0 Å². The van der Waals surface area contributed by atoms with Gasteiger partial charge in [-0.1, -0.05) is 13.0 Å². The summed E-state index contributed by atoms with van der Waals surface area (Å²) in [6, 6.07) is 0. The van der Waals surface area contributed by atoms with Crippen molar-refractivity contribution in [2.45, 2.75) is 20.3 Å². The zero-order valence-electron chi connectivity index (χ0n) is 7.55. The molecule has 70 valence electrons. The van der Waals surface area contributed by atoms with E-state index in [0.717, 1.165) is 6.42 Å². The van der Waals surface area contributed by atoms with E-state index in [0.29, 0.717) is 18.4 Å². The second kappa shape index (κ2) is 7.17. The van der Waals surface area contributed by atoms with Crippen molar-refractivity contribution in [1.29, 1.82) is 0 Å². The Balaban J connectivity index is 3.65. The SMILES string of the molecule is CCOC(=O)/C=C/[C@@H](C)CCCl. The van der Waals surface area contributed by atoms with Crippen molar-refractivity contribution in [3.05, 3.63) is 12.2 Å². The lowest BCUT2D eigenvalue weighted by Gasteiger charge is -2.01. The third kappa shape index (κ3) is 6.23. The first-order valence-electron chi connectivity index (χ1n) is 4.11. The van der Waals surface area contributed by atoms with Crippen molar-refractivity contribution in [3.8, 4) is 0 Å². The van der Waals surface area contributed by atoms with E-state index >= 15 is 0 Å². The molecule has 0 unspecified atom stereocenters. The number of allylic oxidation sites excluding steroid dienone is 1. The van der Waals surface area contributed by atoms with Crippen molar-refractivity contribution in [1.82, 2.24) is 0 Å². The minimum absolute atomic E-state index is 0.279. The van der Waals surface area contributed by atoms with E-state index in [1.807, 2.05) is 13.0 Å². The normalized spacial score (nSPS) is 13.2. The Morgan fingerprint density at radius 2 is 2.33 bits per heavy atom. The quantitative estimate of drug-likeness (QED) is 0.378. The van der Waals surface area contributed by atoms with Crippen LogP contribution in [0.4, 0.5) is 0 Å². The van der Waals surface area contributed by atoms with Crippen LogP contribution in [0.3, 0.4) is 0 Å². The van der Waals surface area contributed by atoms with E-state index in [1.54, 1.807) is 6.92 Å². The van der Waals surface area contributed by atoms with Crippen LogP contribution < -0.4 is 0 Å². The molecular formula is C9H15ClO2. The molecule has 0 amide bonds. The molecule has 0 aromatic heterocycles. The average molecular weight is 191 g/mol. The molecule has 0 N–H and O–H groups in total. The van der Waals surface area contributed by atoms with Crippen LogP contribution in [-0.4, -0.2) is 18.5 Å². The van der Waals surface area contributed by atoms with Gasteiger partial charge in [0.1, 0.15) is 0 Å². The predicted molar refractivity (Wildman–Crippen MR) is 50.3 cm³/mol. The number of esters is 1. The summed E-state index contributed by atoms with van der Waals surface area (Å²) >= 11 is 5.52. The highest BCUT2D eigenvalue weighted by molar-refractivity contribution is 6.17. The Bertz CT molecular complexity index is 155. The maximum atomic E-state index is 10.8. The molecule has 0 saturated carbocycles. The molecule has 1 atom stereocenters. The van der Waals surface area contributed by atoms with Gasteiger partial charge in [-0.25, -0.2) is 4.79 Å². The highest BCUT2D eigenvalue weighted by Crippen LogP contribution is 2.04. The van der Waals surface area contributed by atoms with Crippen molar-refractivity contribution >= 4 is 17.6 Å². The Hall–Kier alpha value is -0.500. The fourth-order valence-electron chi connectivity index (χ4n) is 0.702. The summed E-state index contributed by atoms with van der Waals surface area (Å²) in [7, 11) is 0. The molecule has 0 spiro atoms. The number of hydrogen-bond acceptors (Lipinski definition) is 2. The topological polar surface area (TPSA) is 26.3 Å². The van der Waals surface area contributed by atoms with Gasteiger partial charge in [-0.15, -0.1) is 11.6 Å². The van der Waals surface area contributed by atoms with Crippen LogP contribution in [0.2, 0.25) is 0 Å². The number of ether oxygens (including phenoxy) is 1. The zero-order chi connectivity index (χ0) is 9.40. The van der Waals surface area contributed by atoms with Gasteiger partial charge in [0.25, 0.3) is 0 Å². The van der Waals surface area contributed by atoms with E-state index in [1.165, 1.54) is 6.08 Å². The van der Waals surface area contributed by atoms with E-state index in [4.69, 9.17) is 16.3 Å². The second-order valence-corrected chi connectivity index (χ2v) is 2.94. The molecule has 0 heterocycles. The first kappa shape index (κ1) is 11.5. The first-order valence-corrected chi connectivity index (χ1v) is 4.65. The van der Waals surface area contributed by atoms with Gasteiger partial charge in [0.2, 0.25) is 0 Å². The lowest BCUT2D eigenvalue weighted by Crippen LogP contribution is -2.00. The van der Waals surface area contributed by atoms with Crippen molar-refractivity contribution in [2.24, 2.45) is 5.92 Å². The van der Waals surface area contributed by atoms with Gasteiger partial charge in [0.15, 0.2) is 0 Å². The molecule has 0 aromatic carbocycles. The molecule has 0 radical (unpaired) electrons. The number of carbonyl (C=O) groups excluding carboxylic acids is 1. The fourth-order valence-corrected chi connectivity index (χ4v) is 1.05. The van der Waals surface area contributed by atoms with E-state index in [2.05, 4.69) is 0 Å². The van der Waals surface area contributed by atoms with E-state index in [-0.39, 0.29) is 5.97 Å². The molecule has 3 heteroatoms. The highest BCUT2D eigenvalue weighted by Gasteiger charge is 1.97. The van der Waals surface area contributed by atoms with Crippen molar-refractivity contribution < 1.29 is 9.53 Å². The predicted octanol–water partition coefficient (Wildman–Crippen LogP) is 2.37. The van der Waals surface area contributed by atoms with Crippen molar-refractivity contribution in [2.75, 3.05) is 12.5 Å². The van der Waals surface area contributed by atoms with Crippen LogP contribution in [0.25, 0.3) is 0 Å². The van der Waals surface area contributed by atoms with E-state index < -0.39 is 0 Å². The maximum Gasteiger partial charge on any atom is 0.330 e. The zero-order valence-corrected chi connectivity index (χ0v) is 8.30. The minimum atomic E-state index is -0.279. The lowest BCUT2D eigenvalue weighted by molar-refractivity contribution is -0.137. The number of alkyl halides is 1. The first-order chi connectivity index (χ1) is 5.70. The Kier molecular flexibility index (Phi) is 6.87. The molecule has 0 fully saturated rings. The second-order valence-electron chi connectivity index (χ2n) is 2.57. The molecule has 0 bridgehead atoms. The third-order valence-corrected chi connectivity index (χ3v) is 1.63. The van der Waals surface area contributed by atoms with Gasteiger partial charge in [-0.05, 0) is 19.3 Å². The molecule has 0 aliphatic heterocycles. The van der Waals surface area contributed by atoms with Crippen LogP contribution in [0.15, 0.2) is 12.2 Å². The Morgan fingerprint density at radius 3 is 2.83 bits per heavy atom. The fraction of sp³-hybridized carbons (Fsp3) is 0.667. The molecule has 2 nitrogen and oxygen atoms in total. The third-order valence-electron chi connectivity index (χ3n) is 1.41. The monoisotopic (exact) mass is 190 g/mol. The van der Waals surface area contributed by atoms with Gasteiger partial charge in [-0.2, -0.15) is 0 Å². The maximum absolute atomic E-state index is 10.8. The molecule has 0 saturated heterocycles. The number of rotatable bonds is 5. The number of hydrogen-bond donors (Lipinski definition) is 0. The van der Waals surface area contributed by atoms with Crippen LogP contribution in [-0.2, 0) is 9.53 Å². The average Bonchev–Trinajstić information content (AvgIpc) is 2.02. The van der Waals surface area contributed by atoms with Gasteiger partial charge in [0, 0.05) is 12.0 Å². The number of halogens is 1. The molecular weight excluding hydrogens is 176 g/mol. The largest absolute Gasteiger partial charge is 0.463 e. The van der Waals surface area contributed by atoms with Crippen LogP contribution in [0, 0.1) is 5.92 Å². The van der Waals surface area contributed by atoms with E-state index in [9.17, 15) is 4.79 Å². The molecule has 0 aliphatic carbocycles. The van der Waals surface area contributed by atoms with Gasteiger partial charge >= 0.3 is 5.97 Å². The summed E-state index contributed by atoms with van der Waals surface area (Å²) in [4.78, 5) is 10.8. The van der Waals surface area contributed by atoms with Gasteiger partial charge in [0.05, 0.1) is 6.61 Å². The summed E-state index contributed by atoms with van der Waals surface area (Å²) in [5.74, 6) is 0.680. The summed E-state index contributed by atoms with van der Waals surface area (Å²) in [5, 5.41) is 0. The molecule has 12 heavy (non-hydrogen) atoms. The summed E-state index contributed by atoms with van der Waals surface area (Å²) in [6.07, 6.45) is 4.17. The molecule has 0 aliphatic rings. The standard InChI is InChI=1S/C9H15ClO2/c1-3-12-9(11)5-4-8(2)6-7-10/h4-5,8H,3,6-7H2,1-2H3/b5-4+/t8-/m1/s1. The van der Waals surface area contributed by atoms with Crippen LogP contribution >= 0.6 is 11.6 Å². The van der Waals surface area contributed by atoms with Gasteiger partial charge < -0.3 is 4.74 Å². The minimum Gasteiger partial charge on any atom is -0.463 e. The highest BCUT2D eigenvalue weighted by atomic mass is 35.5. The summed E-state index contributed by atoms with van der Waals surface area (Å²) in [5.41, 5.74) is 0. The smallest absolute Gasteiger partial charge is 0.330 e.